The van der Waals surface area contributed by atoms with Crippen molar-refractivity contribution in [1.29, 1.82) is 0 Å². The first-order valence-electron chi connectivity index (χ1n) is 9.32. The van der Waals surface area contributed by atoms with Gasteiger partial charge in [-0.25, -0.2) is 0 Å². The van der Waals surface area contributed by atoms with Gasteiger partial charge in [-0.3, -0.25) is 14.6 Å². The minimum atomic E-state index is -0.373. The number of benzene rings is 2. The van der Waals surface area contributed by atoms with E-state index in [1.165, 1.54) is 18.5 Å². The van der Waals surface area contributed by atoms with Crippen molar-refractivity contribution >= 4 is 23.2 Å². The number of aromatic nitrogens is 1. The Balaban J connectivity index is 1.75. The smallest absolute Gasteiger partial charge is 0.257 e. The summed E-state index contributed by atoms with van der Waals surface area (Å²) in [5.41, 5.74) is 2.86. The molecule has 1 aromatic heterocycles. The van der Waals surface area contributed by atoms with Crippen LogP contribution in [-0.2, 0) is 0 Å². The van der Waals surface area contributed by atoms with E-state index in [2.05, 4.69) is 15.6 Å². The van der Waals surface area contributed by atoms with Crippen LogP contribution in [0.15, 0.2) is 67.0 Å². The van der Waals surface area contributed by atoms with Crippen molar-refractivity contribution in [3.8, 4) is 5.75 Å². The maximum absolute atomic E-state index is 12.7. The highest BCUT2D eigenvalue weighted by Crippen LogP contribution is 2.25. The van der Waals surface area contributed by atoms with E-state index >= 15 is 0 Å². The highest BCUT2D eigenvalue weighted by atomic mass is 16.5. The normalized spacial score (nSPS) is 10.5. The third-order valence-corrected chi connectivity index (χ3v) is 4.04. The number of pyridine rings is 1. The monoisotopic (exact) mass is 389 g/mol. The molecular weight excluding hydrogens is 366 g/mol. The van der Waals surface area contributed by atoms with Gasteiger partial charge in [0.05, 0.1) is 22.9 Å². The van der Waals surface area contributed by atoms with Crippen molar-refractivity contribution < 1.29 is 14.3 Å². The first-order chi connectivity index (χ1) is 13.9. The van der Waals surface area contributed by atoms with Crippen LogP contribution in [0.5, 0.6) is 5.75 Å². The molecule has 2 N–H and O–H groups in total. The zero-order chi connectivity index (χ0) is 20.8. The second kappa shape index (κ2) is 9.01. The largest absolute Gasteiger partial charge is 0.489 e. The lowest BCUT2D eigenvalue weighted by Crippen LogP contribution is -2.17. The van der Waals surface area contributed by atoms with E-state index in [1.807, 2.05) is 51.1 Å². The van der Waals surface area contributed by atoms with Crippen molar-refractivity contribution in [2.45, 2.75) is 26.9 Å². The Labute approximate surface area is 169 Å². The number of nitrogens with one attached hydrogen (secondary N) is 2. The zero-order valence-corrected chi connectivity index (χ0v) is 16.6. The number of carbonyl (C=O) groups excluding carboxylic acids is 2. The topological polar surface area (TPSA) is 80.3 Å². The quantitative estimate of drug-likeness (QED) is 0.641. The highest BCUT2D eigenvalue weighted by Gasteiger charge is 2.14. The molecule has 6 nitrogen and oxygen atoms in total. The molecular formula is C23H23N3O3. The van der Waals surface area contributed by atoms with E-state index in [-0.39, 0.29) is 23.5 Å². The van der Waals surface area contributed by atoms with Crippen molar-refractivity contribution in [3.05, 3.63) is 83.7 Å². The number of carbonyl (C=O) groups is 2. The van der Waals surface area contributed by atoms with Gasteiger partial charge >= 0.3 is 0 Å². The first kappa shape index (κ1) is 20.1. The minimum Gasteiger partial charge on any atom is -0.489 e. The predicted octanol–water partition coefficient (Wildman–Crippen LogP) is 4.68. The Morgan fingerprint density at radius 1 is 0.897 bits per heavy atom. The van der Waals surface area contributed by atoms with E-state index in [0.717, 1.165) is 5.56 Å². The summed E-state index contributed by atoms with van der Waals surface area (Å²) >= 11 is 0. The highest BCUT2D eigenvalue weighted by molar-refractivity contribution is 6.08. The lowest BCUT2D eigenvalue weighted by atomic mass is 10.1. The van der Waals surface area contributed by atoms with Gasteiger partial charge in [0, 0.05) is 18.1 Å². The summed E-state index contributed by atoms with van der Waals surface area (Å²) in [6, 6.07) is 16.2. The van der Waals surface area contributed by atoms with Crippen molar-refractivity contribution in [3.63, 3.8) is 0 Å². The Bertz CT molecular complexity index is 1030. The summed E-state index contributed by atoms with van der Waals surface area (Å²) in [6.07, 6.45) is 2.82. The Hall–Kier alpha value is -3.67. The van der Waals surface area contributed by atoms with E-state index in [4.69, 9.17) is 4.74 Å². The van der Waals surface area contributed by atoms with Gasteiger partial charge < -0.3 is 15.4 Å². The Morgan fingerprint density at radius 2 is 1.59 bits per heavy atom. The van der Waals surface area contributed by atoms with Crippen LogP contribution in [0.4, 0.5) is 11.4 Å². The number of ether oxygens (including phenoxy) is 1. The lowest BCUT2D eigenvalue weighted by molar-refractivity contribution is 0.102. The van der Waals surface area contributed by atoms with Crippen molar-refractivity contribution in [2.75, 3.05) is 10.6 Å². The van der Waals surface area contributed by atoms with Gasteiger partial charge in [0.1, 0.15) is 5.75 Å². The maximum Gasteiger partial charge on any atom is 0.257 e. The van der Waals surface area contributed by atoms with Crippen molar-refractivity contribution in [1.82, 2.24) is 4.98 Å². The number of rotatable bonds is 6. The summed E-state index contributed by atoms with van der Waals surface area (Å²) in [4.78, 5) is 29.3. The van der Waals surface area contributed by atoms with Crippen LogP contribution in [-0.4, -0.2) is 22.9 Å². The van der Waals surface area contributed by atoms with E-state index < -0.39 is 0 Å². The van der Waals surface area contributed by atoms with Crippen LogP contribution in [0.3, 0.4) is 0 Å². The van der Waals surface area contributed by atoms with Gasteiger partial charge in [-0.1, -0.05) is 24.3 Å². The summed E-state index contributed by atoms with van der Waals surface area (Å²) in [5, 5.41) is 5.63. The molecule has 0 fully saturated rings. The third kappa shape index (κ3) is 5.42. The molecule has 3 rings (SSSR count). The molecule has 0 saturated carbocycles. The van der Waals surface area contributed by atoms with Gasteiger partial charge in [0.2, 0.25) is 0 Å². The fourth-order valence-electron chi connectivity index (χ4n) is 2.74. The molecule has 3 aromatic rings. The van der Waals surface area contributed by atoms with Crippen LogP contribution in [0.1, 0.15) is 40.1 Å². The van der Waals surface area contributed by atoms with Crippen LogP contribution >= 0.6 is 0 Å². The first-order valence-corrected chi connectivity index (χ1v) is 9.32. The van der Waals surface area contributed by atoms with Gasteiger partial charge in [-0.2, -0.15) is 0 Å². The predicted molar refractivity (Wildman–Crippen MR) is 114 cm³/mol. The molecule has 0 aliphatic heterocycles. The molecule has 148 valence electrons. The number of amides is 2. The van der Waals surface area contributed by atoms with E-state index in [0.29, 0.717) is 22.7 Å². The Morgan fingerprint density at radius 3 is 2.28 bits per heavy atom. The molecule has 0 saturated heterocycles. The zero-order valence-electron chi connectivity index (χ0n) is 16.6. The second-order valence-corrected chi connectivity index (χ2v) is 6.90. The Kier molecular flexibility index (Phi) is 6.24. The molecule has 0 unspecified atom stereocenters. The molecule has 0 aliphatic rings. The van der Waals surface area contributed by atoms with Crippen LogP contribution in [0.2, 0.25) is 0 Å². The average molecular weight is 389 g/mol. The summed E-state index contributed by atoms with van der Waals surface area (Å²) in [6.45, 7) is 5.78. The number of hydrogen-bond acceptors (Lipinski definition) is 4. The van der Waals surface area contributed by atoms with Gasteiger partial charge in [-0.05, 0) is 56.7 Å². The lowest BCUT2D eigenvalue weighted by Gasteiger charge is -2.15. The molecule has 0 aliphatic carbocycles. The maximum atomic E-state index is 12.7. The SMILES string of the molecule is Cc1cccc(NC(=O)c2cncc(C(=O)Nc3ccccc3OC(C)C)c2)c1. The standard InChI is InChI=1S/C23H23N3O3/c1-15(2)29-21-10-5-4-9-20(21)26-23(28)18-12-17(13-24-14-18)22(27)25-19-8-6-7-16(3)11-19/h4-15H,1-3H3,(H,25,27)(H,26,28). The number of hydrogen-bond donors (Lipinski definition) is 2. The number of para-hydroxylation sites is 2. The molecule has 0 atom stereocenters. The number of aryl methyl sites for hydroxylation is 1. The molecule has 6 heteroatoms. The summed E-state index contributed by atoms with van der Waals surface area (Å²) in [5.74, 6) is -0.124. The fourth-order valence-corrected chi connectivity index (χ4v) is 2.74. The second-order valence-electron chi connectivity index (χ2n) is 6.90. The van der Waals surface area contributed by atoms with Crippen LogP contribution in [0, 0.1) is 6.92 Å². The third-order valence-electron chi connectivity index (χ3n) is 4.04. The summed E-state index contributed by atoms with van der Waals surface area (Å²) in [7, 11) is 0. The van der Waals surface area contributed by atoms with Crippen molar-refractivity contribution in [2.24, 2.45) is 0 Å². The van der Waals surface area contributed by atoms with Gasteiger partial charge in [-0.15, -0.1) is 0 Å². The number of anilines is 2. The van der Waals surface area contributed by atoms with E-state index in [1.54, 1.807) is 18.2 Å². The molecule has 1 heterocycles. The van der Waals surface area contributed by atoms with Gasteiger partial charge in [0.15, 0.2) is 0 Å². The van der Waals surface area contributed by atoms with Crippen LogP contribution in [0.25, 0.3) is 0 Å². The molecule has 2 amide bonds. The molecule has 29 heavy (non-hydrogen) atoms. The fraction of sp³-hybridized carbons (Fsp3) is 0.174. The van der Waals surface area contributed by atoms with E-state index in [9.17, 15) is 9.59 Å². The number of nitrogens with zero attached hydrogens (tertiary/aromatic N) is 1. The molecule has 0 radical (unpaired) electrons. The molecule has 0 spiro atoms. The molecule has 0 bridgehead atoms. The van der Waals surface area contributed by atoms with Gasteiger partial charge in [0.25, 0.3) is 11.8 Å². The molecule has 2 aromatic carbocycles. The van der Waals surface area contributed by atoms with Crippen LogP contribution < -0.4 is 15.4 Å². The summed E-state index contributed by atoms with van der Waals surface area (Å²) < 4.78 is 5.73. The minimum absolute atomic E-state index is 0.0247. The average Bonchev–Trinajstić information content (AvgIpc) is 2.69.